The summed E-state index contributed by atoms with van der Waals surface area (Å²) in [5.74, 6) is -0.896. The van der Waals surface area contributed by atoms with Crippen LogP contribution in [0.4, 0.5) is 0 Å². The molecule has 0 radical (unpaired) electrons. The normalized spacial score (nSPS) is 14.3. The number of carbonyl (C=O) groups is 2. The number of rotatable bonds is 41. The van der Waals surface area contributed by atoms with Crippen LogP contribution in [0.2, 0.25) is 0 Å². The van der Waals surface area contributed by atoms with E-state index in [2.05, 4.69) is 98.9 Å². The molecule has 0 aromatic carbocycles. The van der Waals surface area contributed by atoms with Gasteiger partial charge in [-0.1, -0.05) is 157 Å². The van der Waals surface area contributed by atoms with Crippen molar-refractivity contribution in [3.05, 3.63) is 85.1 Å². The summed E-state index contributed by atoms with van der Waals surface area (Å²) >= 11 is 0. The van der Waals surface area contributed by atoms with E-state index in [9.17, 15) is 19.0 Å². The quantitative estimate of drug-likeness (QED) is 0.0213. The maximum Gasteiger partial charge on any atom is 0.472 e. The van der Waals surface area contributed by atoms with Crippen molar-refractivity contribution >= 4 is 19.8 Å². The van der Waals surface area contributed by atoms with Crippen molar-refractivity contribution < 1.29 is 42.1 Å². The molecule has 0 aromatic rings. The van der Waals surface area contributed by atoms with E-state index in [4.69, 9.17) is 18.5 Å². The van der Waals surface area contributed by atoms with Gasteiger partial charge in [0.15, 0.2) is 6.10 Å². The Balaban J connectivity index is 4.47. The van der Waals surface area contributed by atoms with Crippen molar-refractivity contribution in [1.29, 1.82) is 0 Å². The second kappa shape index (κ2) is 41.5. The predicted molar refractivity (Wildman–Crippen MR) is 252 cm³/mol. The zero-order valence-electron chi connectivity index (χ0n) is 38.7. The minimum Gasteiger partial charge on any atom is -0.462 e. The number of esters is 2. The highest BCUT2D eigenvalue weighted by Crippen LogP contribution is 2.43. The van der Waals surface area contributed by atoms with Gasteiger partial charge in [-0.05, 0) is 83.5 Å². The first kappa shape index (κ1) is 57.2. The fourth-order valence-corrected chi connectivity index (χ4v) is 6.53. The number of nitrogens with zero attached hydrogens (tertiary/aromatic N) is 1. The number of ether oxygens (including phenoxy) is 2. The zero-order chi connectivity index (χ0) is 44.3. The van der Waals surface area contributed by atoms with Gasteiger partial charge in [-0.3, -0.25) is 18.6 Å². The molecule has 0 aliphatic carbocycles. The molecule has 0 spiro atoms. The number of quaternary nitrogens is 1. The molecule has 1 N–H and O–H groups in total. The van der Waals surface area contributed by atoms with Gasteiger partial charge in [-0.2, -0.15) is 0 Å². The lowest BCUT2D eigenvalue weighted by atomic mass is 10.1. The van der Waals surface area contributed by atoms with E-state index in [1.165, 1.54) is 57.8 Å². The Hall–Kier alpha value is -2.81. The third kappa shape index (κ3) is 44.7. The topological polar surface area (TPSA) is 108 Å². The van der Waals surface area contributed by atoms with Crippen molar-refractivity contribution in [2.75, 3.05) is 47.5 Å². The molecule has 9 nitrogen and oxygen atoms in total. The van der Waals surface area contributed by atoms with Crippen LogP contribution in [0.5, 0.6) is 0 Å². The van der Waals surface area contributed by atoms with Crippen LogP contribution in [0.3, 0.4) is 0 Å². The van der Waals surface area contributed by atoms with Gasteiger partial charge in [0.2, 0.25) is 0 Å². The van der Waals surface area contributed by atoms with Crippen LogP contribution in [0.1, 0.15) is 168 Å². The van der Waals surface area contributed by atoms with Crippen molar-refractivity contribution in [2.24, 2.45) is 0 Å². The van der Waals surface area contributed by atoms with E-state index in [1.54, 1.807) is 0 Å². The monoisotopic (exact) mass is 861 g/mol. The van der Waals surface area contributed by atoms with E-state index < -0.39 is 32.5 Å². The van der Waals surface area contributed by atoms with E-state index in [1.807, 2.05) is 21.1 Å². The number of phosphoric ester groups is 1. The van der Waals surface area contributed by atoms with Crippen LogP contribution in [0.15, 0.2) is 85.1 Å². The molecule has 0 aliphatic rings. The first-order valence-corrected chi connectivity index (χ1v) is 24.8. The van der Waals surface area contributed by atoms with Crippen LogP contribution in [-0.4, -0.2) is 74.9 Å². The Labute approximate surface area is 367 Å². The van der Waals surface area contributed by atoms with E-state index in [0.29, 0.717) is 23.9 Å². The predicted octanol–water partition coefficient (Wildman–Crippen LogP) is 13.6. The molecule has 0 heterocycles. The van der Waals surface area contributed by atoms with E-state index in [0.717, 1.165) is 70.6 Å². The first-order chi connectivity index (χ1) is 29.0. The smallest absolute Gasteiger partial charge is 0.462 e. The van der Waals surface area contributed by atoms with Crippen LogP contribution in [0, 0.1) is 0 Å². The average Bonchev–Trinajstić information content (AvgIpc) is 3.20. The third-order valence-electron chi connectivity index (χ3n) is 9.41. The summed E-state index contributed by atoms with van der Waals surface area (Å²) in [5, 5.41) is 0. The largest absolute Gasteiger partial charge is 0.472 e. The molecule has 0 amide bonds. The van der Waals surface area contributed by atoms with Crippen molar-refractivity contribution in [1.82, 2.24) is 0 Å². The Bertz CT molecular complexity index is 1290. The molecule has 1 unspecified atom stereocenters. The van der Waals surface area contributed by atoms with E-state index >= 15 is 0 Å². The molecule has 0 saturated carbocycles. The van der Waals surface area contributed by atoms with Gasteiger partial charge in [-0.25, -0.2) is 4.57 Å². The average molecular weight is 861 g/mol. The molecule has 0 rings (SSSR count). The summed E-state index contributed by atoms with van der Waals surface area (Å²) in [4.78, 5) is 35.4. The number of likely N-dealkylation sites (N-methyl/N-ethyl adjacent to an activating group) is 1. The van der Waals surface area contributed by atoms with Gasteiger partial charge >= 0.3 is 19.8 Å². The Morgan fingerprint density at radius 2 is 0.967 bits per heavy atom. The standard InChI is InChI=1S/C50H86NO8P/c1-6-8-10-12-14-16-18-20-22-24-25-27-29-31-33-35-37-39-41-43-50(53)59-48(47-58-60(54,55)57-45-44-51(3,4)5)46-56-49(52)42-40-38-36-34-32-30-28-26-23-21-19-17-15-13-11-9-7-2/h8,10,14,16,20,22,25,27-28,30-31,33-34,36,48H,6-7,9,11-13,15,17-19,21,23-24,26,29,32,35,37-47H2,1-5H3/p+1/b10-8+,16-14+,22-20+,27-25+,30-28+,33-31+,36-34+/t48-/m1/s1. The zero-order valence-corrected chi connectivity index (χ0v) is 39.6. The molecule has 344 valence electrons. The molecule has 2 atom stereocenters. The minimum absolute atomic E-state index is 0.0143. The van der Waals surface area contributed by atoms with E-state index in [-0.39, 0.29) is 26.1 Å². The van der Waals surface area contributed by atoms with Gasteiger partial charge < -0.3 is 18.9 Å². The Morgan fingerprint density at radius 1 is 0.533 bits per heavy atom. The third-order valence-corrected chi connectivity index (χ3v) is 10.4. The van der Waals surface area contributed by atoms with Crippen molar-refractivity contribution in [2.45, 2.75) is 174 Å². The van der Waals surface area contributed by atoms with Gasteiger partial charge in [0.05, 0.1) is 27.7 Å². The Morgan fingerprint density at radius 3 is 1.47 bits per heavy atom. The molecule has 60 heavy (non-hydrogen) atoms. The summed E-state index contributed by atoms with van der Waals surface area (Å²) in [6.07, 6.45) is 53.6. The summed E-state index contributed by atoms with van der Waals surface area (Å²) in [7, 11) is 1.42. The number of hydrogen-bond donors (Lipinski definition) is 1. The van der Waals surface area contributed by atoms with Crippen LogP contribution in [0.25, 0.3) is 0 Å². The Kier molecular flexibility index (Phi) is 39.6. The van der Waals surface area contributed by atoms with Crippen LogP contribution >= 0.6 is 7.82 Å². The molecule has 0 bridgehead atoms. The highest BCUT2D eigenvalue weighted by molar-refractivity contribution is 7.47. The fraction of sp³-hybridized carbons (Fsp3) is 0.680. The summed E-state index contributed by atoms with van der Waals surface area (Å²) in [6.45, 7) is 4.21. The second-order valence-corrected chi connectivity index (χ2v) is 17.9. The van der Waals surface area contributed by atoms with Crippen LogP contribution in [-0.2, 0) is 32.7 Å². The molecular weight excluding hydrogens is 774 g/mol. The number of phosphoric acid groups is 1. The maximum atomic E-state index is 12.7. The molecular formula is C50H87NO8P+. The maximum absolute atomic E-state index is 12.7. The highest BCUT2D eigenvalue weighted by Gasteiger charge is 2.27. The number of allylic oxidation sites excluding steroid dienone is 14. The van der Waals surface area contributed by atoms with Crippen molar-refractivity contribution in [3.8, 4) is 0 Å². The lowest BCUT2D eigenvalue weighted by Crippen LogP contribution is -2.37. The lowest BCUT2D eigenvalue weighted by molar-refractivity contribution is -0.870. The van der Waals surface area contributed by atoms with Gasteiger partial charge in [-0.15, -0.1) is 0 Å². The summed E-state index contributed by atoms with van der Waals surface area (Å²) in [5.41, 5.74) is 0. The SMILES string of the molecule is CC/C=C/C/C=C/C/C=C/C/C=C/C/C=C/CCCCCC(=O)O[C@H](COC(=O)CCC/C=C/C/C=C/CCCCCCCCCCC)COP(=O)(O)OCC[N+](C)(C)C. The lowest BCUT2D eigenvalue weighted by Gasteiger charge is -2.24. The second-order valence-electron chi connectivity index (χ2n) is 16.4. The van der Waals surface area contributed by atoms with Crippen LogP contribution < -0.4 is 0 Å². The summed E-state index contributed by atoms with van der Waals surface area (Å²) < 4.78 is 34.3. The summed E-state index contributed by atoms with van der Waals surface area (Å²) in [6, 6.07) is 0. The number of unbranched alkanes of at least 4 members (excludes halogenated alkanes) is 13. The fourth-order valence-electron chi connectivity index (χ4n) is 5.78. The van der Waals surface area contributed by atoms with Gasteiger partial charge in [0.25, 0.3) is 0 Å². The molecule has 0 saturated heterocycles. The molecule has 0 fully saturated rings. The number of carbonyl (C=O) groups excluding carboxylic acids is 2. The molecule has 10 heteroatoms. The van der Waals surface area contributed by atoms with Gasteiger partial charge in [0, 0.05) is 12.8 Å². The number of hydrogen-bond acceptors (Lipinski definition) is 7. The molecule has 0 aliphatic heterocycles. The first-order valence-electron chi connectivity index (χ1n) is 23.3. The highest BCUT2D eigenvalue weighted by atomic mass is 31.2. The van der Waals surface area contributed by atoms with Crippen molar-refractivity contribution in [3.63, 3.8) is 0 Å². The molecule has 0 aromatic heterocycles. The minimum atomic E-state index is -4.40. The van der Waals surface area contributed by atoms with Gasteiger partial charge in [0.1, 0.15) is 19.8 Å².